The second-order valence-corrected chi connectivity index (χ2v) is 7.10. The summed E-state index contributed by atoms with van der Waals surface area (Å²) in [7, 11) is 1.60. The third-order valence-corrected chi connectivity index (χ3v) is 5.06. The summed E-state index contributed by atoms with van der Waals surface area (Å²) in [5, 5.41) is 2.81. The number of carbonyl (C=O) groups is 1. The number of nitrogens with one attached hydrogen (secondary N) is 1. The van der Waals surface area contributed by atoms with Gasteiger partial charge in [-0.05, 0) is 42.0 Å². The van der Waals surface area contributed by atoms with Gasteiger partial charge in [-0.15, -0.1) is 0 Å². The molecule has 0 saturated carbocycles. The Morgan fingerprint density at radius 3 is 2.58 bits per heavy atom. The quantitative estimate of drug-likeness (QED) is 0.450. The molecule has 4 rings (SSSR count). The van der Waals surface area contributed by atoms with Crippen LogP contribution in [0.2, 0.25) is 0 Å². The van der Waals surface area contributed by atoms with Gasteiger partial charge in [-0.1, -0.05) is 24.3 Å². The molecule has 1 amide bonds. The van der Waals surface area contributed by atoms with Crippen molar-refractivity contribution >= 4 is 28.4 Å². The van der Waals surface area contributed by atoms with Crippen molar-refractivity contribution in [3.05, 3.63) is 88.5 Å². The first-order valence-electron chi connectivity index (χ1n) is 9.86. The normalized spacial score (nSPS) is 11.0. The molecule has 31 heavy (non-hydrogen) atoms. The van der Waals surface area contributed by atoms with E-state index in [-0.39, 0.29) is 11.6 Å². The Morgan fingerprint density at radius 1 is 1.06 bits per heavy atom. The van der Waals surface area contributed by atoms with Crippen molar-refractivity contribution in [2.24, 2.45) is 0 Å². The molecule has 8 nitrogen and oxygen atoms in total. The number of hydrogen-bond acceptors (Lipinski definition) is 5. The fraction of sp³-hybridized carbons (Fsp3) is 0.174. The van der Waals surface area contributed by atoms with Crippen LogP contribution in [-0.2, 0) is 17.8 Å². The van der Waals surface area contributed by atoms with Crippen LogP contribution < -0.4 is 16.7 Å². The van der Waals surface area contributed by atoms with E-state index in [1.54, 1.807) is 46.7 Å². The van der Waals surface area contributed by atoms with Gasteiger partial charge in [-0.25, -0.2) is 9.78 Å². The van der Waals surface area contributed by atoms with Gasteiger partial charge in [0.1, 0.15) is 0 Å². The molecule has 2 heterocycles. The molecule has 0 spiro atoms. The third kappa shape index (κ3) is 4.19. The van der Waals surface area contributed by atoms with E-state index in [0.29, 0.717) is 42.3 Å². The highest BCUT2D eigenvalue weighted by atomic mass is 16.5. The molecule has 0 fully saturated rings. The number of nitrogen functional groups attached to an aromatic ring is 1. The van der Waals surface area contributed by atoms with Gasteiger partial charge >= 0.3 is 5.69 Å². The fourth-order valence-corrected chi connectivity index (χ4v) is 3.44. The van der Waals surface area contributed by atoms with E-state index in [0.717, 1.165) is 11.1 Å². The van der Waals surface area contributed by atoms with E-state index in [4.69, 9.17) is 10.5 Å². The molecule has 2 aromatic carbocycles. The summed E-state index contributed by atoms with van der Waals surface area (Å²) in [5.41, 5.74) is 9.58. The van der Waals surface area contributed by atoms with Gasteiger partial charge in [0.2, 0.25) is 0 Å². The summed E-state index contributed by atoms with van der Waals surface area (Å²) < 4.78 is 8.42. The van der Waals surface area contributed by atoms with E-state index < -0.39 is 0 Å². The minimum atomic E-state index is -0.251. The molecule has 0 aliphatic rings. The number of fused-ring (bicyclic) bond motifs is 1. The highest BCUT2D eigenvalue weighted by molar-refractivity contribution is 6.05. The summed E-state index contributed by atoms with van der Waals surface area (Å²) in [6.45, 7) is 1.23. The molecule has 0 aliphatic carbocycles. The summed E-state index contributed by atoms with van der Waals surface area (Å²) in [6.07, 6.45) is 1.67. The number of anilines is 2. The third-order valence-electron chi connectivity index (χ3n) is 5.06. The van der Waals surface area contributed by atoms with Gasteiger partial charge in [-0.2, -0.15) is 0 Å². The Kier molecular flexibility index (Phi) is 5.81. The first-order chi connectivity index (χ1) is 15.1. The number of hydrogen-bond donors (Lipinski definition) is 2. The zero-order valence-corrected chi connectivity index (χ0v) is 17.1. The predicted octanol–water partition coefficient (Wildman–Crippen LogP) is 2.73. The van der Waals surface area contributed by atoms with Crippen molar-refractivity contribution < 1.29 is 9.53 Å². The molecule has 8 heteroatoms. The Hall–Kier alpha value is -3.91. The second-order valence-electron chi connectivity index (χ2n) is 7.10. The summed E-state index contributed by atoms with van der Waals surface area (Å²) >= 11 is 0. The van der Waals surface area contributed by atoms with E-state index in [1.807, 2.05) is 36.4 Å². The van der Waals surface area contributed by atoms with Gasteiger partial charge in [0.15, 0.2) is 5.65 Å². The first-order valence-corrected chi connectivity index (χ1v) is 9.86. The number of imidazole rings is 1. The number of aromatic nitrogens is 3. The average Bonchev–Trinajstić information content (AvgIpc) is 3.05. The van der Waals surface area contributed by atoms with Crippen molar-refractivity contribution in [2.75, 3.05) is 24.8 Å². The highest BCUT2D eigenvalue weighted by Crippen LogP contribution is 2.18. The van der Waals surface area contributed by atoms with Crippen LogP contribution in [0.5, 0.6) is 0 Å². The largest absolute Gasteiger partial charge is 0.397 e. The van der Waals surface area contributed by atoms with Crippen LogP contribution in [0.1, 0.15) is 15.9 Å². The van der Waals surface area contributed by atoms with Crippen molar-refractivity contribution in [1.82, 2.24) is 14.1 Å². The van der Waals surface area contributed by atoms with Crippen LogP contribution in [0.3, 0.4) is 0 Å². The van der Waals surface area contributed by atoms with E-state index in [9.17, 15) is 9.59 Å². The zero-order chi connectivity index (χ0) is 21.8. The van der Waals surface area contributed by atoms with Crippen LogP contribution in [0, 0.1) is 0 Å². The molecule has 0 radical (unpaired) electrons. The second kappa shape index (κ2) is 8.85. The van der Waals surface area contributed by atoms with Crippen LogP contribution in [0.25, 0.3) is 11.2 Å². The minimum absolute atomic E-state index is 0.146. The van der Waals surface area contributed by atoms with E-state index in [1.165, 1.54) is 0 Å². The Morgan fingerprint density at radius 2 is 1.84 bits per heavy atom. The number of nitrogens with two attached hydrogens (primary N) is 1. The van der Waals surface area contributed by atoms with Crippen molar-refractivity contribution in [2.45, 2.75) is 13.1 Å². The number of methoxy groups -OCH3 is 1. The molecule has 0 bridgehead atoms. The Bertz CT molecular complexity index is 1270. The van der Waals surface area contributed by atoms with Gasteiger partial charge < -0.3 is 15.8 Å². The van der Waals surface area contributed by atoms with Crippen molar-refractivity contribution in [3.8, 4) is 0 Å². The molecule has 0 saturated heterocycles. The first kappa shape index (κ1) is 20.4. The number of ether oxygens (including phenoxy) is 1. The number of rotatable bonds is 7. The topological polar surface area (TPSA) is 104 Å². The maximum absolute atomic E-state index is 13.0. The smallest absolute Gasteiger partial charge is 0.330 e. The standard InChI is InChI=1S/C23H23N5O3/c1-31-14-13-27-20-7-4-12-25-21(20)28(23(27)30)15-16-8-10-17(11-9-16)22(29)26-19-6-3-2-5-18(19)24/h2-12H,13-15,24H2,1H3,(H,26,29). The lowest BCUT2D eigenvalue weighted by Crippen LogP contribution is -2.26. The van der Waals surface area contributed by atoms with Crippen molar-refractivity contribution in [1.29, 1.82) is 0 Å². The van der Waals surface area contributed by atoms with Crippen molar-refractivity contribution in [3.63, 3.8) is 0 Å². The van der Waals surface area contributed by atoms with Crippen LogP contribution in [0.15, 0.2) is 71.7 Å². The Labute approximate surface area is 178 Å². The van der Waals surface area contributed by atoms with Crippen LogP contribution >= 0.6 is 0 Å². The predicted molar refractivity (Wildman–Crippen MR) is 120 cm³/mol. The molecular formula is C23H23N5O3. The van der Waals surface area contributed by atoms with Gasteiger partial charge in [0.25, 0.3) is 5.91 Å². The molecule has 3 N–H and O–H groups in total. The molecular weight excluding hydrogens is 394 g/mol. The summed E-state index contributed by atoms with van der Waals surface area (Å²) in [5.74, 6) is -0.251. The number of carbonyl (C=O) groups excluding carboxylic acids is 1. The molecule has 2 aromatic heterocycles. The highest BCUT2D eigenvalue weighted by Gasteiger charge is 2.14. The number of nitrogens with zero attached hydrogens (tertiary/aromatic N) is 3. The molecule has 0 aliphatic heterocycles. The summed E-state index contributed by atoms with van der Waals surface area (Å²) in [4.78, 5) is 29.9. The maximum Gasteiger partial charge on any atom is 0.330 e. The molecule has 158 valence electrons. The molecule has 0 atom stereocenters. The van der Waals surface area contributed by atoms with E-state index in [2.05, 4.69) is 10.3 Å². The van der Waals surface area contributed by atoms with Gasteiger partial charge in [-0.3, -0.25) is 13.9 Å². The lowest BCUT2D eigenvalue weighted by atomic mass is 10.1. The average molecular weight is 417 g/mol. The Balaban J connectivity index is 1.56. The maximum atomic E-state index is 13.0. The van der Waals surface area contributed by atoms with Crippen LogP contribution in [-0.4, -0.2) is 33.7 Å². The monoisotopic (exact) mass is 417 g/mol. The number of pyridine rings is 1. The SMILES string of the molecule is COCCn1c(=O)n(Cc2ccc(C(=O)Nc3ccccc3N)cc2)c2ncccc21. The minimum Gasteiger partial charge on any atom is -0.397 e. The van der Waals surface area contributed by atoms with Gasteiger partial charge in [0.05, 0.1) is 36.6 Å². The van der Waals surface area contributed by atoms with E-state index >= 15 is 0 Å². The number of benzene rings is 2. The zero-order valence-electron chi connectivity index (χ0n) is 17.1. The molecule has 0 unspecified atom stereocenters. The lowest BCUT2D eigenvalue weighted by molar-refractivity contribution is 0.102. The summed E-state index contributed by atoms with van der Waals surface area (Å²) in [6, 6.07) is 17.9. The molecule has 4 aromatic rings. The number of para-hydroxylation sites is 2. The lowest BCUT2D eigenvalue weighted by Gasteiger charge is -2.09. The number of amides is 1. The van der Waals surface area contributed by atoms with Gasteiger partial charge in [0, 0.05) is 18.9 Å². The van der Waals surface area contributed by atoms with Crippen LogP contribution in [0.4, 0.5) is 11.4 Å². The fourth-order valence-electron chi connectivity index (χ4n) is 3.44.